The van der Waals surface area contributed by atoms with E-state index in [1.807, 2.05) is 19.2 Å². The number of hydrogen-bond acceptors (Lipinski definition) is 5. The summed E-state index contributed by atoms with van der Waals surface area (Å²) < 4.78 is 30.6. The minimum Gasteiger partial charge on any atom is -0.279 e. The molecule has 24 heavy (non-hydrogen) atoms. The number of piperidine rings is 1. The highest BCUT2D eigenvalue weighted by Gasteiger charge is 2.34. The van der Waals surface area contributed by atoms with Gasteiger partial charge in [-0.2, -0.15) is 9.40 Å². The fraction of sp³-hybridized carbons (Fsp3) is 0.600. The van der Waals surface area contributed by atoms with Crippen molar-refractivity contribution in [1.29, 1.82) is 0 Å². The number of sulfonamides is 1. The van der Waals surface area contributed by atoms with Crippen LogP contribution in [0.1, 0.15) is 37.1 Å². The third-order valence-electron chi connectivity index (χ3n) is 4.40. The number of aryl methyl sites for hydroxylation is 2. The van der Waals surface area contributed by atoms with Gasteiger partial charge in [-0.1, -0.05) is 0 Å². The van der Waals surface area contributed by atoms with E-state index in [9.17, 15) is 13.2 Å². The van der Waals surface area contributed by atoms with Crippen LogP contribution in [0.2, 0.25) is 0 Å². The standard InChI is InChI=1S/C15H22N4O3S2/c1-4-19-14(16-17(3)15(19)20)12-6-5-7-18(9-12)24(21,22)13-8-11(2)10-23-13/h8,10,12H,4-7,9H2,1-3H3/t12-/m1/s1. The van der Waals surface area contributed by atoms with Gasteiger partial charge in [-0.25, -0.2) is 17.9 Å². The van der Waals surface area contributed by atoms with Crippen molar-refractivity contribution in [2.24, 2.45) is 7.05 Å². The second-order valence-corrected chi connectivity index (χ2v) is 9.23. The van der Waals surface area contributed by atoms with Crippen molar-refractivity contribution >= 4 is 21.4 Å². The van der Waals surface area contributed by atoms with E-state index in [1.54, 1.807) is 17.7 Å². The first-order valence-electron chi connectivity index (χ1n) is 8.03. The summed E-state index contributed by atoms with van der Waals surface area (Å²) in [6.45, 7) is 5.21. The molecule has 0 aliphatic carbocycles. The third kappa shape index (κ3) is 2.96. The molecule has 3 heterocycles. The van der Waals surface area contributed by atoms with Crippen molar-refractivity contribution in [2.75, 3.05) is 13.1 Å². The molecule has 3 rings (SSSR count). The second-order valence-electron chi connectivity index (χ2n) is 6.15. The Labute approximate surface area is 145 Å². The molecule has 0 N–H and O–H groups in total. The summed E-state index contributed by atoms with van der Waals surface area (Å²) in [7, 11) is -1.85. The first-order valence-corrected chi connectivity index (χ1v) is 10.4. The molecule has 132 valence electrons. The molecule has 0 amide bonds. The van der Waals surface area contributed by atoms with Gasteiger partial charge in [0.25, 0.3) is 10.0 Å². The van der Waals surface area contributed by atoms with Crippen molar-refractivity contribution < 1.29 is 8.42 Å². The molecule has 0 bridgehead atoms. The zero-order valence-electron chi connectivity index (χ0n) is 14.1. The molecule has 0 radical (unpaired) electrons. The zero-order chi connectivity index (χ0) is 17.5. The molecule has 2 aromatic rings. The van der Waals surface area contributed by atoms with Gasteiger partial charge in [-0.3, -0.25) is 4.57 Å². The fourth-order valence-electron chi connectivity index (χ4n) is 3.16. The summed E-state index contributed by atoms with van der Waals surface area (Å²) in [5.41, 5.74) is 0.804. The van der Waals surface area contributed by atoms with Gasteiger partial charge in [0.2, 0.25) is 0 Å². The maximum Gasteiger partial charge on any atom is 0.345 e. The van der Waals surface area contributed by atoms with Crippen LogP contribution < -0.4 is 5.69 Å². The zero-order valence-corrected chi connectivity index (χ0v) is 15.7. The number of thiophene rings is 1. The summed E-state index contributed by atoms with van der Waals surface area (Å²) in [6.07, 6.45) is 1.61. The lowest BCUT2D eigenvalue weighted by Crippen LogP contribution is -2.39. The maximum absolute atomic E-state index is 12.8. The normalized spacial score (nSPS) is 19.7. The minimum atomic E-state index is -3.48. The molecular weight excluding hydrogens is 348 g/mol. The molecule has 2 aromatic heterocycles. The van der Waals surface area contributed by atoms with E-state index < -0.39 is 10.0 Å². The highest BCUT2D eigenvalue weighted by atomic mass is 32.2. The minimum absolute atomic E-state index is 0.0524. The summed E-state index contributed by atoms with van der Waals surface area (Å²) in [5.74, 6) is 0.635. The topological polar surface area (TPSA) is 77.2 Å². The van der Waals surface area contributed by atoms with Crippen LogP contribution in [-0.4, -0.2) is 40.2 Å². The molecule has 7 nitrogen and oxygen atoms in total. The second kappa shape index (κ2) is 6.45. The van der Waals surface area contributed by atoms with Crippen LogP contribution in [-0.2, 0) is 23.6 Å². The van der Waals surface area contributed by atoms with Crippen LogP contribution in [0, 0.1) is 6.92 Å². The third-order valence-corrected chi connectivity index (χ3v) is 7.80. The van der Waals surface area contributed by atoms with Crippen LogP contribution in [0.4, 0.5) is 0 Å². The van der Waals surface area contributed by atoms with E-state index >= 15 is 0 Å². The van der Waals surface area contributed by atoms with Crippen LogP contribution in [0.3, 0.4) is 0 Å². The SMILES string of the molecule is CCn1c([C@@H]2CCCN(S(=O)(=O)c3cc(C)cs3)C2)nn(C)c1=O. The summed E-state index contributed by atoms with van der Waals surface area (Å²) in [5, 5.41) is 6.20. The highest BCUT2D eigenvalue weighted by Crippen LogP contribution is 2.31. The lowest BCUT2D eigenvalue weighted by Gasteiger charge is -2.31. The summed E-state index contributed by atoms with van der Waals surface area (Å²) in [4.78, 5) is 12.1. The van der Waals surface area contributed by atoms with Gasteiger partial charge in [-0.15, -0.1) is 11.3 Å². The number of nitrogens with zero attached hydrogens (tertiary/aromatic N) is 4. The highest BCUT2D eigenvalue weighted by molar-refractivity contribution is 7.91. The molecular formula is C15H22N4O3S2. The largest absolute Gasteiger partial charge is 0.345 e. The molecule has 1 fully saturated rings. The Kier molecular flexibility index (Phi) is 4.67. The molecule has 9 heteroatoms. The maximum atomic E-state index is 12.8. The average molecular weight is 371 g/mol. The predicted molar refractivity (Wildman–Crippen MR) is 92.9 cm³/mol. The number of rotatable bonds is 4. The van der Waals surface area contributed by atoms with Gasteiger partial charge >= 0.3 is 5.69 Å². The van der Waals surface area contributed by atoms with E-state index in [4.69, 9.17) is 0 Å². The summed E-state index contributed by atoms with van der Waals surface area (Å²) in [6, 6.07) is 1.71. The number of aromatic nitrogens is 3. The monoisotopic (exact) mass is 370 g/mol. The van der Waals surface area contributed by atoms with Gasteiger partial charge in [0.1, 0.15) is 10.0 Å². The molecule has 1 aliphatic heterocycles. The average Bonchev–Trinajstić information content (AvgIpc) is 3.12. The Morgan fingerprint density at radius 1 is 1.42 bits per heavy atom. The number of hydrogen-bond donors (Lipinski definition) is 0. The molecule has 0 aromatic carbocycles. The molecule has 1 atom stereocenters. The Bertz CT molecular complexity index is 894. The summed E-state index contributed by atoms with van der Waals surface area (Å²) >= 11 is 1.26. The van der Waals surface area contributed by atoms with Gasteiger partial charge in [-0.05, 0) is 43.7 Å². The smallest absolute Gasteiger partial charge is 0.279 e. The van der Waals surface area contributed by atoms with E-state index in [0.29, 0.717) is 29.7 Å². The van der Waals surface area contributed by atoms with E-state index in [2.05, 4.69) is 5.10 Å². The van der Waals surface area contributed by atoms with Gasteiger partial charge in [0.15, 0.2) is 0 Å². The van der Waals surface area contributed by atoms with Gasteiger partial charge < -0.3 is 0 Å². The first kappa shape index (κ1) is 17.4. The Balaban J connectivity index is 1.90. The van der Waals surface area contributed by atoms with Crippen LogP contribution in [0.15, 0.2) is 20.5 Å². The van der Waals surface area contributed by atoms with Crippen molar-refractivity contribution in [3.05, 3.63) is 33.3 Å². The van der Waals surface area contributed by atoms with Gasteiger partial charge in [0, 0.05) is 32.6 Å². The molecule has 0 unspecified atom stereocenters. The van der Waals surface area contributed by atoms with Crippen LogP contribution in [0.5, 0.6) is 0 Å². The lowest BCUT2D eigenvalue weighted by atomic mass is 9.99. The first-order chi connectivity index (χ1) is 11.3. The van der Waals surface area contributed by atoms with Crippen molar-refractivity contribution in [2.45, 2.75) is 43.4 Å². The van der Waals surface area contributed by atoms with Crippen molar-refractivity contribution in [3.8, 4) is 0 Å². The molecule has 0 saturated carbocycles. The van der Waals surface area contributed by atoms with Crippen LogP contribution >= 0.6 is 11.3 Å². The Morgan fingerprint density at radius 2 is 2.17 bits per heavy atom. The molecule has 0 spiro atoms. The quantitative estimate of drug-likeness (QED) is 0.818. The van der Waals surface area contributed by atoms with Crippen molar-refractivity contribution in [1.82, 2.24) is 18.7 Å². The predicted octanol–water partition coefficient (Wildman–Crippen LogP) is 1.54. The van der Waals surface area contributed by atoms with Gasteiger partial charge in [0.05, 0.1) is 0 Å². The van der Waals surface area contributed by atoms with Crippen LogP contribution in [0.25, 0.3) is 0 Å². The fourth-order valence-corrected chi connectivity index (χ4v) is 6.07. The van der Waals surface area contributed by atoms with E-state index in [-0.39, 0.29) is 11.6 Å². The van der Waals surface area contributed by atoms with Crippen molar-refractivity contribution in [3.63, 3.8) is 0 Å². The Hall–Kier alpha value is -1.45. The van der Waals surface area contributed by atoms with E-state index in [0.717, 1.165) is 18.4 Å². The Morgan fingerprint density at radius 3 is 2.79 bits per heavy atom. The van der Waals surface area contributed by atoms with E-state index in [1.165, 1.54) is 20.3 Å². The molecule has 1 saturated heterocycles. The lowest BCUT2D eigenvalue weighted by molar-refractivity contribution is 0.304. The molecule has 1 aliphatic rings.